The summed E-state index contributed by atoms with van der Waals surface area (Å²) in [5, 5.41) is 0.339. The van der Waals surface area contributed by atoms with Crippen LogP contribution in [0.4, 0.5) is 14.5 Å². The van der Waals surface area contributed by atoms with E-state index in [1.165, 1.54) is 11.0 Å². The van der Waals surface area contributed by atoms with Gasteiger partial charge in [0.25, 0.3) is 0 Å². The third-order valence-corrected chi connectivity index (χ3v) is 5.05. The maximum absolute atomic E-state index is 14.5. The Labute approximate surface area is 183 Å². The molecular formula is C23H19ClF2N2O3. The number of halogens is 3. The Balaban J connectivity index is 1.64. The van der Waals surface area contributed by atoms with Crippen molar-refractivity contribution >= 4 is 23.2 Å². The van der Waals surface area contributed by atoms with E-state index >= 15 is 0 Å². The molecule has 0 N–H and O–H groups in total. The fourth-order valence-corrected chi connectivity index (χ4v) is 3.61. The molecule has 0 unspecified atom stereocenters. The molecular weight excluding hydrogens is 426 g/mol. The molecule has 0 saturated heterocycles. The fraction of sp³-hybridized carbons (Fsp3) is 0.217. The second-order valence-corrected chi connectivity index (χ2v) is 7.44. The molecule has 0 atom stereocenters. The summed E-state index contributed by atoms with van der Waals surface area (Å²) >= 11 is 6.33. The molecule has 3 aromatic rings. The highest BCUT2D eigenvalue weighted by Gasteiger charge is 2.23. The van der Waals surface area contributed by atoms with Gasteiger partial charge in [0.05, 0.1) is 42.6 Å². The van der Waals surface area contributed by atoms with Gasteiger partial charge < -0.3 is 14.4 Å². The van der Waals surface area contributed by atoms with E-state index in [0.29, 0.717) is 41.0 Å². The zero-order valence-corrected chi connectivity index (χ0v) is 17.2. The van der Waals surface area contributed by atoms with Crippen LogP contribution in [0, 0.1) is 11.6 Å². The molecule has 0 aliphatic carbocycles. The van der Waals surface area contributed by atoms with E-state index in [0.717, 1.165) is 18.6 Å². The Morgan fingerprint density at radius 3 is 2.71 bits per heavy atom. The highest BCUT2D eigenvalue weighted by atomic mass is 35.5. The van der Waals surface area contributed by atoms with E-state index in [2.05, 4.69) is 4.98 Å². The van der Waals surface area contributed by atoms with Gasteiger partial charge in [0.1, 0.15) is 11.6 Å². The van der Waals surface area contributed by atoms with Crippen molar-refractivity contribution in [3.05, 3.63) is 82.6 Å². The van der Waals surface area contributed by atoms with Gasteiger partial charge in [-0.15, -0.1) is 0 Å². The van der Waals surface area contributed by atoms with Gasteiger partial charge in [-0.3, -0.25) is 9.78 Å². The topological polar surface area (TPSA) is 51.7 Å². The number of aromatic nitrogens is 1. The number of hydrogen-bond acceptors (Lipinski definition) is 4. The molecule has 2 aromatic carbocycles. The number of ether oxygens (including phenoxy) is 2. The molecule has 1 amide bonds. The predicted octanol–water partition coefficient (Wildman–Crippen LogP) is 4.95. The highest BCUT2D eigenvalue weighted by Crippen LogP contribution is 2.38. The van der Waals surface area contributed by atoms with Crippen LogP contribution in [0.1, 0.15) is 17.7 Å². The standard InChI is InChI=1S/C23H19ClF2N2O3/c24-18-10-15(11-21-23(18)31-9-3-8-30-21)12-22(29)28(14-17-4-1-2-7-27-17)20-6-5-16(25)13-19(20)26/h1-2,4-7,10-11,13H,3,8-9,12,14H2. The van der Waals surface area contributed by atoms with Gasteiger partial charge in [-0.05, 0) is 42.0 Å². The van der Waals surface area contributed by atoms with Crippen molar-refractivity contribution < 1.29 is 23.0 Å². The van der Waals surface area contributed by atoms with Gasteiger partial charge in [-0.1, -0.05) is 17.7 Å². The maximum atomic E-state index is 14.5. The lowest BCUT2D eigenvalue weighted by atomic mass is 10.1. The molecule has 0 spiro atoms. The molecule has 0 bridgehead atoms. The van der Waals surface area contributed by atoms with Crippen LogP contribution in [0.15, 0.2) is 54.7 Å². The van der Waals surface area contributed by atoms with Crippen LogP contribution >= 0.6 is 11.6 Å². The lowest BCUT2D eigenvalue weighted by Gasteiger charge is -2.23. The summed E-state index contributed by atoms with van der Waals surface area (Å²) in [6.45, 7) is 1.00. The van der Waals surface area contributed by atoms with Crippen LogP contribution in [-0.2, 0) is 17.8 Å². The number of carbonyl (C=O) groups excluding carboxylic acids is 1. The summed E-state index contributed by atoms with van der Waals surface area (Å²) in [5.41, 5.74) is 1.13. The van der Waals surface area contributed by atoms with Crippen LogP contribution in [0.5, 0.6) is 11.5 Å². The molecule has 8 heteroatoms. The second-order valence-electron chi connectivity index (χ2n) is 7.03. The second kappa shape index (κ2) is 9.31. The number of fused-ring (bicyclic) bond motifs is 1. The number of anilines is 1. The lowest BCUT2D eigenvalue weighted by Crippen LogP contribution is -2.33. The van der Waals surface area contributed by atoms with Gasteiger partial charge in [0.2, 0.25) is 5.91 Å². The van der Waals surface area contributed by atoms with Crippen molar-refractivity contribution in [2.75, 3.05) is 18.1 Å². The zero-order valence-electron chi connectivity index (χ0n) is 16.5. The molecule has 5 nitrogen and oxygen atoms in total. The summed E-state index contributed by atoms with van der Waals surface area (Å²) in [5.74, 6) is -1.04. The number of carbonyl (C=O) groups is 1. The lowest BCUT2D eigenvalue weighted by molar-refractivity contribution is -0.118. The van der Waals surface area contributed by atoms with Crippen molar-refractivity contribution in [3.63, 3.8) is 0 Å². The number of pyridine rings is 1. The first-order valence-electron chi connectivity index (χ1n) is 9.74. The highest BCUT2D eigenvalue weighted by molar-refractivity contribution is 6.32. The Bertz CT molecular complexity index is 1100. The Hall–Kier alpha value is -3.19. The predicted molar refractivity (Wildman–Crippen MR) is 113 cm³/mol. The molecule has 1 aromatic heterocycles. The van der Waals surface area contributed by atoms with E-state index in [-0.39, 0.29) is 18.7 Å². The van der Waals surface area contributed by atoms with Crippen molar-refractivity contribution in [2.24, 2.45) is 0 Å². The fourth-order valence-electron chi connectivity index (χ4n) is 3.32. The van der Waals surface area contributed by atoms with E-state index < -0.39 is 17.5 Å². The van der Waals surface area contributed by atoms with Crippen molar-refractivity contribution in [2.45, 2.75) is 19.4 Å². The van der Waals surface area contributed by atoms with Crippen molar-refractivity contribution in [1.82, 2.24) is 4.98 Å². The summed E-state index contributed by atoms with van der Waals surface area (Å²) in [4.78, 5) is 18.7. The van der Waals surface area contributed by atoms with Crippen LogP contribution in [0.2, 0.25) is 5.02 Å². The molecule has 0 saturated carbocycles. The van der Waals surface area contributed by atoms with Crippen molar-refractivity contribution in [3.8, 4) is 11.5 Å². The third kappa shape index (κ3) is 4.94. The molecule has 0 radical (unpaired) electrons. The largest absolute Gasteiger partial charge is 0.489 e. The molecule has 2 heterocycles. The normalized spacial score (nSPS) is 12.9. The third-order valence-electron chi connectivity index (χ3n) is 4.77. The van der Waals surface area contributed by atoms with Gasteiger partial charge in [-0.25, -0.2) is 8.78 Å². The smallest absolute Gasteiger partial charge is 0.231 e. The Kier molecular flexibility index (Phi) is 6.32. The first-order chi connectivity index (χ1) is 15.0. The minimum atomic E-state index is -0.832. The van der Waals surface area contributed by atoms with Crippen molar-refractivity contribution in [1.29, 1.82) is 0 Å². The molecule has 160 valence electrons. The Morgan fingerprint density at radius 2 is 1.94 bits per heavy atom. The first-order valence-corrected chi connectivity index (χ1v) is 10.1. The Morgan fingerprint density at radius 1 is 1.10 bits per heavy atom. The van der Waals surface area contributed by atoms with Gasteiger partial charge >= 0.3 is 0 Å². The summed E-state index contributed by atoms with van der Waals surface area (Å²) in [6, 6.07) is 11.7. The minimum Gasteiger partial charge on any atom is -0.489 e. The quantitative estimate of drug-likeness (QED) is 0.558. The first kappa shape index (κ1) is 21.1. The average molecular weight is 445 g/mol. The monoisotopic (exact) mass is 444 g/mol. The number of hydrogen-bond donors (Lipinski definition) is 0. The van der Waals surface area contributed by atoms with E-state index in [1.54, 1.807) is 36.5 Å². The van der Waals surface area contributed by atoms with Crippen LogP contribution in [0.3, 0.4) is 0 Å². The minimum absolute atomic E-state index is 0.0283. The SMILES string of the molecule is O=C(Cc1cc(Cl)c2c(c1)OCCCO2)N(Cc1ccccn1)c1ccc(F)cc1F. The van der Waals surface area contributed by atoms with E-state index in [9.17, 15) is 13.6 Å². The van der Waals surface area contributed by atoms with Crippen LogP contribution in [0.25, 0.3) is 0 Å². The molecule has 0 fully saturated rings. The van der Waals surface area contributed by atoms with Gasteiger partial charge in [0, 0.05) is 18.7 Å². The molecule has 1 aliphatic heterocycles. The molecule has 31 heavy (non-hydrogen) atoms. The van der Waals surface area contributed by atoms with Crippen LogP contribution in [-0.4, -0.2) is 24.1 Å². The number of benzene rings is 2. The van der Waals surface area contributed by atoms with E-state index in [1.807, 2.05) is 0 Å². The number of amides is 1. The summed E-state index contributed by atoms with van der Waals surface area (Å²) < 4.78 is 39.2. The summed E-state index contributed by atoms with van der Waals surface area (Å²) in [7, 11) is 0. The molecule has 4 rings (SSSR count). The number of nitrogens with zero attached hydrogens (tertiary/aromatic N) is 2. The van der Waals surface area contributed by atoms with Crippen LogP contribution < -0.4 is 14.4 Å². The maximum Gasteiger partial charge on any atom is 0.231 e. The molecule has 1 aliphatic rings. The van der Waals surface area contributed by atoms with Gasteiger partial charge in [0.15, 0.2) is 11.5 Å². The zero-order chi connectivity index (χ0) is 21.8. The van der Waals surface area contributed by atoms with E-state index in [4.69, 9.17) is 21.1 Å². The van der Waals surface area contributed by atoms with Gasteiger partial charge in [-0.2, -0.15) is 0 Å². The average Bonchev–Trinajstić information content (AvgIpc) is 2.99. The number of rotatable bonds is 5. The summed E-state index contributed by atoms with van der Waals surface area (Å²) in [6.07, 6.45) is 2.24.